The zero-order valence-corrected chi connectivity index (χ0v) is 23.7. The molecule has 1 saturated heterocycles. The van der Waals surface area contributed by atoms with E-state index in [1.807, 2.05) is 36.4 Å². The van der Waals surface area contributed by atoms with E-state index in [1.165, 1.54) is 33.3 Å². The SMILES string of the molecule is COc1ccc(Cl)c2sc(N3CCN(C(=O)c4ccc(S(=O)(=O)N5CCc6ccccc6C5)cc4)CC3)nc12. The molecule has 0 unspecified atom stereocenters. The summed E-state index contributed by atoms with van der Waals surface area (Å²) < 4.78 is 34.4. The van der Waals surface area contributed by atoms with Gasteiger partial charge in [-0.05, 0) is 53.9 Å². The number of sulfonamides is 1. The average molecular weight is 583 g/mol. The highest BCUT2D eigenvalue weighted by Gasteiger charge is 2.29. The molecule has 39 heavy (non-hydrogen) atoms. The van der Waals surface area contributed by atoms with Crippen LogP contribution in [0.4, 0.5) is 5.13 Å². The number of benzene rings is 3. The molecule has 2 aliphatic heterocycles. The molecule has 0 spiro atoms. The largest absolute Gasteiger partial charge is 0.494 e. The first kappa shape index (κ1) is 26.1. The Hall–Kier alpha value is -3.18. The Labute approximate surface area is 236 Å². The van der Waals surface area contributed by atoms with Gasteiger partial charge in [0.2, 0.25) is 10.0 Å². The molecule has 202 valence electrons. The Morgan fingerprint density at radius 2 is 1.67 bits per heavy atom. The molecule has 0 bridgehead atoms. The van der Waals surface area contributed by atoms with Crippen molar-refractivity contribution >= 4 is 54.2 Å². The van der Waals surface area contributed by atoms with Crippen molar-refractivity contribution in [2.45, 2.75) is 17.9 Å². The number of hydrogen-bond donors (Lipinski definition) is 0. The molecular formula is C28H27ClN4O4S2. The van der Waals surface area contributed by atoms with Crippen molar-refractivity contribution in [3.63, 3.8) is 0 Å². The number of carbonyl (C=O) groups excluding carboxylic acids is 1. The predicted molar refractivity (Wildman–Crippen MR) is 153 cm³/mol. The van der Waals surface area contributed by atoms with E-state index in [0.29, 0.717) is 62.0 Å². The number of nitrogens with zero attached hydrogens (tertiary/aromatic N) is 4. The Balaban J connectivity index is 1.11. The first-order valence-corrected chi connectivity index (χ1v) is 15.3. The van der Waals surface area contributed by atoms with E-state index in [4.69, 9.17) is 21.3 Å². The standard InChI is InChI=1S/C28H27ClN4O4S2/c1-37-24-11-10-23(29)26-25(24)30-28(38-26)32-16-14-31(15-17-32)27(34)20-6-8-22(9-7-20)39(35,36)33-13-12-19-4-2-3-5-21(19)18-33/h2-11H,12-18H2,1H3. The number of thiazole rings is 1. The number of carbonyl (C=O) groups is 1. The second-order valence-electron chi connectivity index (χ2n) is 9.58. The van der Waals surface area contributed by atoms with Gasteiger partial charge in [0.1, 0.15) is 11.3 Å². The molecule has 1 aromatic heterocycles. The van der Waals surface area contributed by atoms with Gasteiger partial charge in [0, 0.05) is 44.8 Å². The van der Waals surface area contributed by atoms with Gasteiger partial charge < -0.3 is 14.5 Å². The van der Waals surface area contributed by atoms with Crippen LogP contribution in [0.2, 0.25) is 5.02 Å². The molecule has 0 radical (unpaired) electrons. The molecule has 0 N–H and O–H groups in total. The van der Waals surface area contributed by atoms with Crippen LogP contribution in [0.25, 0.3) is 10.2 Å². The molecular weight excluding hydrogens is 556 g/mol. The Morgan fingerprint density at radius 1 is 0.949 bits per heavy atom. The first-order chi connectivity index (χ1) is 18.8. The fraction of sp³-hybridized carbons (Fsp3) is 0.286. The monoisotopic (exact) mass is 582 g/mol. The molecule has 3 aromatic carbocycles. The molecule has 8 nitrogen and oxygen atoms in total. The quantitative estimate of drug-likeness (QED) is 0.340. The van der Waals surface area contributed by atoms with E-state index >= 15 is 0 Å². The molecule has 4 aromatic rings. The maximum atomic E-state index is 13.3. The summed E-state index contributed by atoms with van der Waals surface area (Å²) in [6.45, 7) is 3.14. The second-order valence-corrected chi connectivity index (χ2v) is 12.9. The van der Waals surface area contributed by atoms with Gasteiger partial charge in [0.05, 0.1) is 21.7 Å². The molecule has 0 atom stereocenters. The van der Waals surface area contributed by atoms with Crippen LogP contribution in [0.15, 0.2) is 65.6 Å². The van der Waals surface area contributed by atoms with Crippen molar-refractivity contribution in [3.05, 3.63) is 82.4 Å². The summed E-state index contributed by atoms with van der Waals surface area (Å²) in [5, 5.41) is 1.48. The number of anilines is 1. The van der Waals surface area contributed by atoms with Crippen molar-refractivity contribution in [3.8, 4) is 5.75 Å². The highest BCUT2D eigenvalue weighted by Crippen LogP contribution is 2.39. The minimum absolute atomic E-state index is 0.112. The lowest BCUT2D eigenvalue weighted by Gasteiger charge is -2.34. The third-order valence-electron chi connectivity index (χ3n) is 7.34. The second kappa shape index (κ2) is 10.4. The third kappa shape index (κ3) is 4.86. The van der Waals surface area contributed by atoms with Gasteiger partial charge in [-0.2, -0.15) is 4.31 Å². The molecule has 0 aliphatic carbocycles. The highest BCUT2D eigenvalue weighted by atomic mass is 35.5. The van der Waals surface area contributed by atoms with Crippen LogP contribution in [0, 0.1) is 0 Å². The van der Waals surface area contributed by atoms with Gasteiger partial charge in [-0.15, -0.1) is 0 Å². The lowest BCUT2D eigenvalue weighted by atomic mass is 10.0. The van der Waals surface area contributed by atoms with Gasteiger partial charge in [-0.25, -0.2) is 13.4 Å². The Kier molecular flexibility index (Phi) is 6.96. The van der Waals surface area contributed by atoms with Crippen LogP contribution in [-0.4, -0.2) is 68.3 Å². The molecule has 0 saturated carbocycles. The maximum absolute atomic E-state index is 13.3. The van der Waals surface area contributed by atoms with Crippen LogP contribution < -0.4 is 9.64 Å². The predicted octanol–water partition coefficient (Wildman–Crippen LogP) is 4.67. The van der Waals surface area contributed by atoms with Crippen molar-refractivity contribution in [1.29, 1.82) is 0 Å². The molecule has 1 fully saturated rings. The number of methoxy groups -OCH3 is 1. The summed E-state index contributed by atoms with van der Waals surface area (Å²) in [4.78, 5) is 22.1. The van der Waals surface area contributed by atoms with E-state index in [-0.39, 0.29) is 10.8 Å². The molecule has 1 amide bonds. The zero-order chi connectivity index (χ0) is 27.1. The molecule has 6 rings (SSSR count). The molecule has 2 aliphatic rings. The van der Waals surface area contributed by atoms with Crippen molar-refractivity contribution in [2.75, 3.05) is 44.7 Å². The minimum atomic E-state index is -3.65. The number of amides is 1. The number of ether oxygens (including phenoxy) is 1. The van der Waals surface area contributed by atoms with E-state index in [0.717, 1.165) is 20.9 Å². The van der Waals surface area contributed by atoms with Crippen LogP contribution in [-0.2, 0) is 23.0 Å². The van der Waals surface area contributed by atoms with Crippen molar-refractivity contribution < 1.29 is 17.9 Å². The summed E-state index contributed by atoms with van der Waals surface area (Å²) in [6.07, 6.45) is 0.690. The number of halogens is 1. The number of hydrogen-bond acceptors (Lipinski definition) is 7. The van der Waals surface area contributed by atoms with Crippen molar-refractivity contribution in [2.24, 2.45) is 0 Å². The van der Waals surface area contributed by atoms with E-state index < -0.39 is 10.0 Å². The van der Waals surface area contributed by atoms with Gasteiger partial charge >= 0.3 is 0 Å². The van der Waals surface area contributed by atoms with Crippen LogP contribution in [0.1, 0.15) is 21.5 Å². The first-order valence-electron chi connectivity index (χ1n) is 12.7. The highest BCUT2D eigenvalue weighted by molar-refractivity contribution is 7.89. The van der Waals surface area contributed by atoms with E-state index in [1.54, 1.807) is 24.1 Å². The van der Waals surface area contributed by atoms with Gasteiger partial charge in [0.15, 0.2) is 5.13 Å². The fourth-order valence-electron chi connectivity index (χ4n) is 5.12. The molecule has 11 heteroatoms. The minimum Gasteiger partial charge on any atom is -0.494 e. The Bertz CT molecular complexity index is 1650. The van der Waals surface area contributed by atoms with Crippen LogP contribution >= 0.6 is 22.9 Å². The number of piperazine rings is 1. The lowest BCUT2D eigenvalue weighted by Crippen LogP contribution is -2.48. The normalized spacial score (nSPS) is 16.4. The summed E-state index contributed by atoms with van der Waals surface area (Å²) in [6, 6.07) is 17.9. The third-order valence-corrected chi connectivity index (χ3v) is 10.8. The summed E-state index contributed by atoms with van der Waals surface area (Å²) >= 11 is 7.89. The van der Waals surface area contributed by atoms with E-state index in [9.17, 15) is 13.2 Å². The summed E-state index contributed by atoms with van der Waals surface area (Å²) in [5.41, 5.74) is 3.44. The zero-order valence-electron chi connectivity index (χ0n) is 21.3. The molecule has 3 heterocycles. The topological polar surface area (TPSA) is 83.0 Å². The summed E-state index contributed by atoms with van der Waals surface area (Å²) in [5.74, 6) is 0.570. The van der Waals surface area contributed by atoms with Crippen LogP contribution in [0.3, 0.4) is 0 Å². The van der Waals surface area contributed by atoms with E-state index in [2.05, 4.69) is 4.90 Å². The number of rotatable bonds is 5. The van der Waals surface area contributed by atoms with Gasteiger partial charge in [-0.1, -0.05) is 47.2 Å². The van der Waals surface area contributed by atoms with Gasteiger partial charge in [-0.3, -0.25) is 4.79 Å². The van der Waals surface area contributed by atoms with Crippen LogP contribution in [0.5, 0.6) is 5.75 Å². The average Bonchev–Trinajstić information content (AvgIpc) is 3.43. The number of fused-ring (bicyclic) bond motifs is 2. The van der Waals surface area contributed by atoms with Crippen molar-refractivity contribution in [1.82, 2.24) is 14.2 Å². The fourth-order valence-corrected chi connectivity index (χ4v) is 7.84. The summed E-state index contributed by atoms with van der Waals surface area (Å²) in [7, 11) is -2.04. The Morgan fingerprint density at radius 3 is 2.38 bits per heavy atom. The maximum Gasteiger partial charge on any atom is 0.253 e. The van der Waals surface area contributed by atoms with Gasteiger partial charge in [0.25, 0.3) is 5.91 Å². The smallest absolute Gasteiger partial charge is 0.253 e. The lowest BCUT2D eigenvalue weighted by molar-refractivity contribution is 0.0746. The number of aromatic nitrogens is 1.